The van der Waals surface area contributed by atoms with Gasteiger partial charge in [0.15, 0.2) is 0 Å². The van der Waals surface area contributed by atoms with Crippen molar-refractivity contribution in [2.45, 2.75) is 105 Å². The van der Waals surface area contributed by atoms with Gasteiger partial charge in [-0.2, -0.15) is 0 Å². The Balaban J connectivity index is 0.00000608. The maximum absolute atomic E-state index is 12.6. The number of phenols is 1. The molecule has 0 saturated heterocycles. The molecule has 0 fully saturated rings. The van der Waals surface area contributed by atoms with Crippen LogP contribution in [0.2, 0.25) is 0 Å². The Morgan fingerprint density at radius 2 is 1.20 bits per heavy atom. The van der Waals surface area contributed by atoms with E-state index in [-0.39, 0.29) is 48.5 Å². The zero-order chi connectivity index (χ0) is 48.8. The minimum absolute atomic E-state index is 0. The predicted octanol–water partition coefficient (Wildman–Crippen LogP) is 17.3. The minimum Gasteiger partial charge on any atom is -0.507 e. The van der Waals surface area contributed by atoms with Crippen molar-refractivity contribution in [1.82, 2.24) is 14.5 Å². The molecule has 3 aromatic heterocycles. The molecule has 0 aliphatic carbocycles. The molecule has 10 aromatic rings. The van der Waals surface area contributed by atoms with Gasteiger partial charge in [0.1, 0.15) is 22.9 Å². The number of para-hydroxylation sites is 2. The molecule has 10 rings (SSSR count). The predicted molar refractivity (Wildman–Crippen MR) is 289 cm³/mol. The van der Waals surface area contributed by atoms with Crippen LogP contribution in [0, 0.1) is 6.07 Å². The van der Waals surface area contributed by atoms with E-state index >= 15 is 0 Å². The zero-order valence-corrected chi connectivity index (χ0v) is 44.7. The van der Waals surface area contributed by atoms with Crippen LogP contribution in [0.3, 0.4) is 0 Å². The number of fused-ring (bicyclic) bond motifs is 3. The van der Waals surface area contributed by atoms with Crippen LogP contribution >= 0.6 is 0 Å². The molecule has 1 N–H and O–H groups in total. The normalized spacial score (nSPS) is 12.5. The molecular weight excluding hydrogens is 1040 g/mol. The number of pyridine rings is 1. The van der Waals surface area contributed by atoms with E-state index in [1.807, 2.05) is 24.4 Å². The van der Waals surface area contributed by atoms with Gasteiger partial charge in [-0.05, 0) is 97.7 Å². The molecule has 0 aliphatic rings. The van der Waals surface area contributed by atoms with Gasteiger partial charge in [0.25, 0.3) is 0 Å². The zero-order valence-electron chi connectivity index (χ0n) is 42.4. The first-order chi connectivity index (χ1) is 32.6. The second-order valence-corrected chi connectivity index (χ2v) is 22.9. The van der Waals surface area contributed by atoms with Gasteiger partial charge in [0.05, 0.1) is 22.3 Å². The quantitative estimate of drug-likeness (QED) is 0.169. The number of hydrogen-bond acceptors (Lipinski definition) is 4. The van der Waals surface area contributed by atoms with Gasteiger partial charge in [-0.1, -0.05) is 179 Å². The molecule has 0 spiro atoms. The Bertz CT molecular complexity index is 3570. The standard InChI is InChI=1S/C64H62N3O2.Pt/c1-61(2,3)45-26-28-53(50(36-45)39-19-14-13-15-20-39)67-54-23-18-22-48(58(54)66-60(67)51-37-47(63(7,8)9)38-52(59(51)68)64(10,11)12)43-32-44(34-46(33-43)62(4,5)6)57-49-27-25-42(31-40(49)29-30-65-57)56-35-41-21-16-17-24-55(41)69-56;/h13-31,33-38,68H,1-12H3;/q-1;. The molecule has 6 heteroatoms. The second kappa shape index (κ2) is 17.7. The van der Waals surface area contributed by atoms with Crippen LogP contribution in [-0.2, 0) is 42.7 Å². The van der Waals surface area contributed by atoms with Crippen molar-refractivity contribution in [2.75, 3.05) is 0 Å². The number of benzene rings is 7. The van der Waals surface area contributed by atoms with Crippen LogP contribution < -0.4 is 0 Å². The van der Waals surface area contributed by atoms with Gasteiger partial charge >= 0.3 is 0 Å². The fourth-order valence-electron chi connectivity index (χ4n) is 9.54. The van der Waals surface area contributed by atoms with Crippen LogP contribution in [0.5, 0.6) is 5.75 Å². The summed E-state index contributed by atoms with van der Waals surface area (Å²) >= 11 is 0. The summed E-state index contributed by atoms with van der Waals surface area (Å²) in [6.07, 6.45) is 1.89. The van der Waals surface area contributed by atoms with Gasteiger partial charge in [0, 0.05) is 55.0 Å². The summed E-state index contributed by atoms with van der Waals surface area (Å²) < 4.78 is 8.57. The number of aromatic hydroxyl groups is 1. The van der Waals surface area contributed by atoms with Crippen LogP contribution in [0.15, 0.2) is 156 Å². The maximum Gasteiger partial charge on any atom is 0.148 e. The summed E-state index contributed by atoms with van der Waals surface area (Å²) in [5.74, 6) is 1.76. The van der Waals surface area contributed by atoms with E-state index in [0.717, 1.165) is 100.0 Å². The van der Waals surface area contributed by atoms with E-state index in [4.69, 9.17) is 14.4 Å². The number of hydrogen-bond donors (Lipinski definition) is 1. The van der Waals surface area contributed by atoms with Crippen LogP contribution in [0.4, 0.5) is 0 Å². The summed E-state index contributed by atoms with van der Waals surface area (Å²) in [6, 6.07) is 55.4. The van der Waals surface area contributed by atoms with Crippen molar-refractivity contribution in [1.29, 1.82) is 0 Å². The number of furan rings is 1. The monoisotopic (exact) mass is 1100 g/mol. The first-order valence-electron chi connectivity index (χ1n) is 24.2. The Labute approximate surface area is 427 Å². The van der Waals surface area contributed by atoms with E-state index < -0.39 is 0 Å². The minimum atomic E-state index is -0.338. The Morgan fingerprint density at radius 1 is 0.529 bits per heavy atom. The molecule has 3 heterocycles. The number of phenolic OH excluding ortho intramolecular Hbond substituents is 1. The third-order valence-corrected chi connectivity index (χ3v) is 13.7. The molecule has 0 bridgehead atoms. The molecule has 0 amide bonds. The van der Waals surface area contributed by atoms with Crippen LogP contribution in [0.1, 0.15) is 105 Å². The van der Waals surface area contributed by atoms with Crippen molar-refractivity contribution in [3.05, 3.63) is 180 Å². The maximum atomic E-state index is 12.6. The molecule has 7 aromatic carbocycles. The summed E-state index contributed by atoms with van der Waals surface area (Å²) in [6.45, 7) is 26.7. The SMILES string of the molecule is CC(C)(C)c1cc(-c2nccc3cc(-c4cc5ccccc5o4)ccc23)[c-]c(-c2cccc3c2nc(-c2cc(C(C)(C)C)cc(C(C)(C)C)c2O)n3-c2ccc(C(C)(C)C)cc2-c2ccccc2)c1.[Pt]. The van der Waals surface area contributed by atoms with Crippen molar-refractivity contribution in [3.8, 4) is 67.7 Å². The average molecular weight is 1100 g/mol. The van der Waals surface area contributed by atoms with Gasteiger partial charge in [-0.3, -0.25) is 9.55 Å². The van der Waals surface area contributed by atoms with Crippen LogP contribution in [0.25, 0.3) is 94.7 Å². The third kappa shape index (κ3) is 8.94. The molecule has 0 unspecified atom stereocenters. The topological polar surface area (TPSA) is 64.1 Å². The first kappa shape index (κ1) is 48.5. The first-order valence-corrected chi connectivity index (χ1v) is 24.2. The molecule has 0 atom stereocenters. The fraction of sp³-hybridized carbons (Fsp3) is 0.250. The van der Waals surface area contributed by atoms with Gasteiger partial charge in [0.2, 0.25) is 0 Å². The summed E-state index contributed by atoms with van der Waals surface area (Å²) in [5, 5.41) is 15.8. The molecule has 70 heavy (non-hydrogen) atoms. The third-order valence-electron chi connectivity index (χ3n) is 13.7. The molecule has 0 saturated carbocycles. The largest absolute Gasteiger partial charge is 0.507 e. The van der Waals surface area contributed by atoms with E-state index in [1.54, 1.807) is 0 Å². The van der Waals surface area contributed by atoms with E-state index in [9.17, 15) is 5.11 Å². The van der Waals surface area contributed by atoms with Crippen molar-refractivity contribution < 1.29 is 30.6 Å². The molecule has 0 aliphatic heterocycles. The van der Waals surface area contributed by atoms with Gasteiger partial charge in [-0.25, -0.2) is 4.98 Å². The second-order valence-electron chi connectivity index (χ2n) is 22.9. The molecule has 0 radical (unpaired) electrons. The van der Waals surface area contributed by atoms with Crippen molar-refractivity contribution >= 4 is 32.8 Å². The van der Waals surface area contributed by atoms with Crippen LogP contribution in [-0.4, -0.2) is 19.6 Å². The van der Waals surface area contributed by atoms with Crippen molar-refractivity contribution in [2.24, 2.45) is 0 Å². The number of imidazole rings is 1. The Hall–Kier alpha value is -6.55. The smallest absolute Gasteiger partial charge is 0.148 e. The molecular formula is C64H62N3O2Pt-. The van der Waals surface area contributed by atoms with Crippen molar-refractivity contribution in [3.63, 3.8) is 0 Å². The van der Waals surface area contributed by atoms with E-state index in [2.05, 4.69) is 221 Å². The molecule has 5 nitrogen and oxygen atoms in total. The number of rotatable bonds is 6. The van der Waals surface area contributed by atoms with Gasteiger partial charge in [-0.15, -0.1) is 29.3 Å². The Morgan fingerprint density at radius 3 is 1.90 bits per heavy atom. The average Bonchev–Trinajstić information content (AvgIpc) is 3.92. The number of nitrogens with zero attached hydrogens (tertiary/aromatic N) is 3. The number of aromatic nitrogens is 3. The Kier molecular flexibility index (Phi) is 12.3. The van der Waals surface area contributed by atoms with Gasteiger partial charge < -0.3 is 9.52 Å². The van der Waals surface area contributed by atoms with E-state index in [1.165, 1.54) is 5.56 Å². The van der Waals surface area contributed by atoms with E-state index in [0.29, 0.717) is 11.4 Å². The molecule has 356 valence electrons. The summed E-state index contributed by atoms with van der Waals surface area (Å²) in [5.41, 5.74) is 14.7. The summed E-state index contributed by atoms with van der Waals surface area (Å²) in [4.78, 5) is 10.8. The summed E-state index contributed by atoms with van der Waals surface area (Å²) in [7, 11) is 0. The fourth-order valence-corrected chi connectivity index (χ4v) is 9.54.